The second-order valence-electron chi connectivity index (χ2n) is 5.54. The molecule has 0 saturated heterocycles. The van der Waals surface area contributed by atoms with Crippen LogP contribution in [0.1, 0.15) is 48.7 Å². The minimum absolute atomic E-state index is 0.115. The van der Waals surface area contributed by atoms with Crippen molar-refractivity contribution in [1.29, 1.82) is 0 Å². The number of hydrogen-bond donors (Lipinski definition) is 1. The van der Waals surface area contributed by atoms with Crippen molar-refractivity contribution in [2.24, 2.45) is 11.8 Å². The molecular formula is C15H21ClN2O. The number of amides is 1. The van der Waals surface area contributed by atoms with E-state index in [1.54, 1.807) is 12.3 Å². The molecule has 0 bridgehead atoms. The standard InChI is InChI=1S/C15H21ClN2O/c1-10-5-3-4-6-12(10)8-18-15(19)13-9-17-11(2)7-14(13)16/h7,9-10,12H,3-6,8H2,1-2H3,(H,18,19). The summed E-state index contributed by atoms with van der Waals surface area (Å²) in [6, 6.07) is 1.72. The van der Waals surface area contributed by atoms with Crippen LogP contribution in [-0.4, -0.2) is 17.4 Å². The molecule has 0 radical (unpaired) electrons. The van der Waals surface area contributed by atoms with Gasteiger partial charge in [-0.05, 0) is 31.2 Å². The fourth-order valence-corrected chi connectivity index (χ4v) is 3.00. The van der Waals surface area contributed by atoms with E-state index in [9.17, 15) is 4.79 Å². The Hall–Kier alpha value is -1.09. The van der Waals surface area contributed by atoms with Crippen LogP contribution in [0.5, 0.6) is 0 Å². The van der Waals surface area contributed by atoms with E-state index in [2.05, 4.69) is 17.2 Å². The van der Waals surface area contributed by atoms with Crippen LogP contribution in [-0.2, 0) is 0 Å². The van der Waals surface area contributed by atoms with E-state index in [-0.39, 0.29) is 5.91 Å². The summed E-state index contributed by atoms with van der Waals surface area (Å²) in [6.07, 6.45) is 6.63. The predicted molar refractivity (Wildman–Crippen MR) is 77.4 cm³/mol. The highest BCUT2D eigenvalue weighted by atomic mass is 35.5. The topological polar surface area (TPSA) is 42.0 Å². The van der Waals surface area contributed by atoms with Gasteiger partial charge in [-0.25, -0.2) is 0 Å². The van der Waals surface area contributed by atoms with Crippen LogP contribution in [0.4, 0.5) is 0 Å². The third kappa shape index (κ3) is 3.69. The summed E-state index contributed by atoms with van der Waals surface area (Å²) in [5, 5.41) is 3.47. The molecule has 1 aliphatic carbocycles. The van der Waals surface area contributed by atoms with Gasteiger partial charge in [0.15, 0.2) is 0 Å². The van der Waals surface area contributed by atoms with Gasteiger partial charge in [-0.3, -0.25) is 9.78 Å². The molecule has 0 aromatic carbocycles. The Kier molecular flexibility index (Phi) is 4.81. The lowest BCUT2D eigenvalue weighted by Crippen LogP contribution is -2.33. The molecule has 1 aromatic rings. The van der Waals surface area contributed by atoms with E-state index in [1.165, 1.54) is 25.7 Å². The Bertz CT molecular complexity index is 461. The highest BCUT2D eigenvalue weighted by molar-refractivity contribution is 6.33. The lowest BCUT2D eigenvalue weighted by molar-refractivity contribution is 0.0936. The fourth-order valence-electron chi connectivity index (χ4n) is 2.71. The Balaban J connectivity index is 1.93. The van der Waals surface area contributed by atoms with E-state index in [0.29, 0.717) is 22.4 Å². The smallest absolute Gasteiger partial charge is 0.254 e. The lowest BCUT2D eigenvalue weighted by Gasteiger charge is -2.28. The van der Waals surface area contributed by atoms with Crippen molar-refractivity contribution in [3.05, 3.63) is 28.5 Å². The van der Waals surface area contributed by atoms with Gasteiger partial charge in [-0.15, -0.1) is 0 Å². The van der Waals surface area contributed by atoms with Gasteiger partial charge in [0.2, 0.25) is 0 Å². The highest BCUT2D eigenvalue weighted by Gasteiger charge is 2.22. The normalized spacial score (nSPS) is 23.1. The number of carbonyl (C=O) groups excluding carboxylic acids is 1. The van der Waals surface area contributed by atoms with Crippen molar-refractivity contribution in [3.63, 3.8) is 0 Å². The first-order valence-electron chi connectivity index (χ1n) is 6.98. The molecule has 2 atom stereocenters. The molecule has 104 valence electrons. The second kappa shape index (κ2) is 6.38. The van der Waals surface area contributed by atoms with Crippen molar-refractivity contribution in [2.75, 3.05) is 6.54 Å². The Morgan fingerprint density at radius 3 is 2.89 bits per heavy atom. The fraction of sp³-hybridized carbons (Fsp3) is 0.600. The summed E-state index contributed by atoms with van der Waals surface area (Å²) in [7, 11) is 0. The zero-order valence-corrected chi connectivity index (χ0v) is 12.3. The summed E-state index contributed by atoms with van der Waals surface area (Å²) in [4.78, 5) is 16.2. The molecule has 1 N–H and O–H groups in total. The quantitative estimate of drug-likeness (QED) is 0.919. The van der Waals surface area contributed by atoms with Gasteiger partial charge in [0.05, 0.1) is 10.6 Å². The number of halogens is 1. The summed E-state index contributed by atoms with van der Waals surface area (Å²) in [6.45, 7) is 4.87. The predicted octanol–water partition coefficient (Wildman–Crippen LogP) is 3.60. The molecule has 2 unspecified atom stereocenters. The van der Waals surface area contributed by atoms with Crippen molar-refractivity contribution in [2.45, 2.75) is 39.5 Å². The molecule has 1 aliphatic rings. The molecule has 1 fully saturated rings. The van der Waals surface area contributed by atoms with Crippen molar-refractivity contribution >= 4 is 17.5 Å². The molecule has 2 rings (SSSR count). The maximum Gasteiger partial charge on any atom is 0.254 e. The van der Waals surface area contributed by atoms with Crippen molar-refractivity contribution in [1.82, 2.24) is 10.3 Å². The third-order valence-corrected chi connectivity index (χ3v) is 4.36. The van der Waals surface area contributed by atoms with Crippen molar-refractivity contribution < 1.29 is 4.79 Å². The van der Waals surface area contributed by atoms with Crippen LogP contribution >= 0.6 is 11.6 Å². The average Bonchev–Trinajstić information content (AvgIpc) is 2.37. The molecule has 1 amide bonds. The van der Waals surface area contributed by atoms with Gasteiger partial charge in [-0.2, -0.15) is 0 Å². The van der Waals surface area contributed by atoms with E-state index in [0.717, 1.165) is 12.2 Å². The maximum absolute atomic E-state index is 12.1. The van der Waals surface area contributed by atoms with Gasteiger partial charge in [-0.1, -0.05) is 37.8 Å². The van der Waals surface area contributed by atoms with Crippen LogP contribution < -0.4 is 5.32 Å². The van der Waals surface area contributed by atoms with Crippen LogP contribution in [0.15, 0.2) is 12.3 Å². The first kappa shape index (κ1) is 14.3. The van der Waals surface area contributed by atoms with Gasteiger partial charge >= 0.3 is 0 Å². The lowest BCUT2D eigenvalue weighted by atomic mass is 9.80. The number of aromatic nitrogens is 1. The summed E-state index contributed by atoms with van der Waals surface area (Å²) in [5.74, 6) is 1.17. The largest absolute Gasteiger partial charge is 0.352 e. The molecule has 3 nitrogen and oxygen atoms in total. The minimum Gasteiger partial charge on any atom is -0.352 e. The number of aryl methyl sites for hydroxylation is 1. The molecule has 0 spiro atoms. The van der Waals surface area contributed by atoms with E-state index < -0.39 is 0 Å². The maximum atomic E-state index is 12.1. The highest BCUT2D eigenvalue weighted by Crippen LogP contribution is 2.29. The average molecular weight is 281 g/mol. The number of hydrogen-bond acceptors (Lipinski definition) is 2. The molecule has 1 heterocycles. The Labute approximate surface area is 119 Å². The molecule has 4 heteroatoms. The molecular weight excluding hydrogens is 260 g/mol. The van der Waals surface area contributed by atoms with Crippen LogP contribution in [0, 0.1) is 18.8 Å². The Morgan fingerprint density at radius 1 is 1.47 bits per heavy atom. The van der Waals surface area contributed by atoms with Crippen LogP contribution in [0.25, 0.3) is 0 Å². The molecule has 0 aliphatic heterocycles. The molecule has 19 heavy (non-hydrogen) atoms. The molecule has 1 aromatic heterocycles. The Morgan fingerprint density at radius 2 is 2.21 bits per heavy atom. The molecule has 1 saturated carbocycles. The van der Waals surface area contributed by atoms with Crippen LogP contribution in [0.3, 0.4) is 0 Å². The first-order chi connectivity index (χ1) is 9.08. The summed E-state index contributed by atoms with van der Waals surface area (Å²) < 4.78 is 0. The van der Waals surface area contributed by atoms with Gasteiger partial charge < -0.3 is 5.32 Å². The van der Waals surface area contributed by atoms with E-state index in [1.807, 2.05) is 6.92 Å². The van der Waals surface area contributed by atoms with Crippen molar-refractivity contribution in [3.8, 4) is 0 Å². The van der Waals surface area contributed by atoms with Gasteiger partial charge in [0.1, 0.15) is 0 Å². The SMILES string of the molecule is Cc1cc(Cl)c(C(=O)NCC2CCCCC2C)cn1. The zero-order chi connectivity index (χ0) is 13.8. The minimum atomic E-state index is -0.115. The second-order valence-corrected chi connectivity index (χ2v) is 5.94. The number of rotatable bonds is 3. The van der Waals surface area contributed by atoms with Crippen LogP contribution in [0.2, 0.25) is 5.02 Å². The monoisotopic (exact) mass is 280 g/mol. The number of pyridine rings is 1. The number of nitrogens with zero attached hydrogens (tertiary/aromatic N) is 1. The number of nitrogens with one attached hydrogen (secondary N) is 1. The third-order valence-electron chi connectivity index (χ3n) is 4.05. The van der Waals surface area contributed by atoms with E-state index in [4.69, 9.17) is 11.6 Å². The van der Waals surface area contributed by atoms with Gasteiger partial charge in [0.25, 0.3) is 5.91 Å². The number of carbonyl (C=O) groups is 1. The summed E-state index contributed by atoms with van der Waals surface area (Å²) in [5.41, 5.74) is 1.29. The van der Waals surface area contributed by atoms with Gasteiger partial charge in [0, 0.05) is 18.4 Å². The van der Waals surface area contributed by atoms with E-state index >= 15 is 0 Å². The first-order valence-corrected chi connectivity index (χ1v) is 7.36. The summed E-state index contributed by atoms with van der Waals surface area (Å²) >= 11 is 6.07. The zero-order valence-electron chi connectivity index (χ0n) is 11.6.